The number of hydrogen-bond donors (Lipinski definition) is 0. The van der Waals surface area contributed by atoms with Gasteiger partial charge in [0.1, 0.15) is 24.2 Å². The number of carbonyl (C=O) groups is 2. The van der Waals surface area contributed by atoms with E-state index in [1.807, 2.05) is 29.2 Å². The van der Waals surface area contributed by atoms with Crippen LogP contribution in [0.2, 0.25) is 0 Å². The van der Waals surface area contributed by atoms with E-state index in [9.17, 15) is 14.0 Å². The summed E-state index contributed by atoms with van der Waals surface area (Å²) in [5, 5.41) is 0. The minimum atomic E-state index is -0.664. The van der Waals surface area contributed by atoms with Crippen LogP contribution in [-0.2, 0) is 20.9 Å². The molecule has 0 aliphatic carbocycles. The van der Waals surface area contributed by atoms with Crippen LogP contribution < -0.4 is 9.64 Å². The molecule has 4 rings (SSSR count). The molecule has 2 aliphatic rings. The smallest absolute Gasteiger partial charge is 0.249 e. The van der Waals surface area contributed by atoms with Gasteiger partial charge in [-0.3, -0.25) is 9.59 Å². The molecular formula is C23H26FN3O4. The van der Waals surface area contributed by atoms with Crippen molar-refractivity contribution in [2.45, 2.75) is 12.6 Å². The van der Waals surface area contributed by atoms with Crippen molar-refractivity contribution in [3.63, 3.8) is 0 Å². The molecule has 0 bridgehead atoms. The Morgan fingerprint density at radius 1 is 1.10 bits per heavy atom. The van der Waals surface area contributed by atoms with Gasteiger partial charge in [-0.05, 0) is 29.8 Å². The third kappa shape index (κ3) is 4.64. The number of nitrogens with zero attached hydrogens (tertiary/aromatic N) is 3. The van der Waals surface area contributed by atoms with E-state index in [4.69, 9.17) is 9.47 Å². The molecule has 0 unspecified atom stereocenters. The highest BCUT2D eigenvalue weighted by Crippen LogP contribution is 2.22. The van der Waals surface area contributed by atoms with Gasteiger partial charge in [0.15, 0.2) is 0 Å². The highest BCUT2D eigenvalue weighted by molar-refractivity contribution is 5.89. The second kappa shape index (κ2) is 9.34. The third-order valence-corrected chi connectivity index (χ3v) is 5.78. The number of carbonyl (C=O) groups excluding carboxylic acids is 2. The molecule has 0 spiro atoms. The lowest BCUT2D eigenvalue weighted by molar-refractivity contribution is -0.160. The second-order valence-electron chi connectivity index (χ2n) is 7.66. The molecule has 2 fully saturated rings. The number of benzene rings is 2. The summed E-state index contributed by atoms with van der Waals surface area (Å²) in [6, 6.07) is 13.4. The first-order valence-corrected chi connectivity index (χ1v) is 10.3. The van der Waals surface area contributed by atoms with Crippen molar-refractivity contribution in [1.82, 2.24) is 9.80 Å². The molecule has 2 aromatic carbocycles. The van der Waals surface area contributed by atoms with E-state index >= 15 is 0 Å². The molecule has 0 radical (unpaired) electrons. The Labute approximate surface area is 180 Å². The molecule has 0 saturated carbocycles. The number of halogens is 1. The van der Waals surface area contributed by atoms with E-state index in [0.29, 0.717) is 38.4 Å². The fourth-order valence-corrected chi connectivity index (χ4v) is 4.02. The molecule has 0 aromatic heterocycles. The summed E-state index contributed by atoms with van der Waals surface area (Å²) >= 11 is 0. The number of morpholine rings is 1. The van der Waals surface area contributed by atoms with Gasteiger partial charge in [0.05, 0.1) is 19.4 Å². The van der Waals surface area contributed by atoms with Crippen LogP contribution in [-0.4, -0.2) is 74.2 Å². The quantitative estimate of drug-likeness (QED) is 0.730. The molecule has 7 nitrogen and oxygen atoms in total. The van der Waals surface area contributed by atoms with Crippen LogP contribution in [0, 0.1) is 5.82 Å². The first kappa shape index (κ1) is 21.1. The molecule has 2 heterocycles. The van der Waals surface area contributed by atoms with Gasteiger partial charge in [0.25, 0.3) is 0 Å². The van der Waals surface area contributed by atoms with Crippen molar-refractivity contribution in [1.29, 1.82) is 0 Å². The maximum absolute atomic E-state index is 14.1. The van der Waals surface area contributed by atoms with Crippen molar-refractivity contribution >= 4 is 17.5 Å². The maximum atomic E-state index is 14.1. The predicted octanol–water partition coefficient (Wildman–Crippen LogP) is 1.91. The molecule has 2 aromatic rings. The number of anilines is 1. The Balaban J connectivity index is 1.42. The Morgan fingerprint density at radius 2 is 1.81 bits per heavy atom. The van der Waals surface area contributed by atoms with Gasteiger partial charge in [0, 0.05) is 32.7 Å². The Hall–Kier alpha value is -3.13. The highest BCUT2D eigenvalue weighted by Gasteiger charge is 2.37. The summed E-state index contributed by atoms with van der Waals surface area (Å²) in [7, 11) is 1.60. The topological polar surface area (TPSA) is 62.3 Å². The van der Waals surface area contributed by atoms with Crippen LogP contribution in [0.3, 0.4) is 0 Å². The lowest BCUT2D eigenvalue weighted by atomic mass is 10.1. The number of methoxy groups -OCH3 is 1. The van der Waals surface area contributed by atoms with Gasteiger partial charge in [-0.2, -0.15) is 0 Å². The molecule has 31 heavy (non-hydrogen) atoms. The number of ether oxygens (including phenoxy) is 2. The molecule has 164 valence electrons. The van der Waals surface area contributed by atoms with Crippen molar-refractivity contribution in [2.75, 3.05) is 51.4 Å². The van der Waals surface area contributed by atoms with Gasteiger partial charge in [-0.25, -0.2) is 4.39 Å². The van der Waals surface area contributed by atoms with Gasteiger partial charge >= 0.3 is 0 Å². The zero-order valence-corrected chi connectivity index (χ0v) is 17.5. The zero-order chi connectivity index (χ0) is 21.8. The Morgan fingerprint density at radius 3 is 2.48 bits per heavy atom. The summed E-state index contributed by atoms with van der Waals surface area (Å²) in [5.41, 5.74) is 1.46. The predicted molar refractivity (Wildman–Crippen MR) is 113 cm³/mol. The van der Waals surface area contributed by atoms with Crippen molar-refractivity contribution in [3.05, 3.63) is 59.9 Å². The van der Waals surface area contributed by atoms with Crippen molar-refractivity contribution < 1.29 is 23.5 Å². The number of hydrogen-bond acceptors (Lipinski definition) is 5. The van der Waals surface area contributed by atoms with Crippen LogP contribution in [0.25, 0.3) is 0 Å². The first-order valence-electron chi connectivity index (χ1n) is 10.3. The summed E-state index contributed by atoms with van der Waals surface area (Å²) in [6.07, 6.45) is 0. The molecule has 2 amide bonds. The molecular weight excluding hydrogens is 401 g/mol. The van der Waals surface area contributed by atoms with Crippen LogP contribution in [0.1, 0.15) is 5.56 Å². The number of rotatable bonds is 5. The third-order valence-electron chi connectivity index (χ3n) is 5.78. The lowest BCUT2D eigenvalue weighted by Gasteiger charge is -2.41. The summed E-state index contributed by atoms with van der Waals surface area (Å²) in [4.78, 5) is 31.1. The SMILES string of the molecule is COc1ccc(CN2C(=O)COC[C@H]2C(=O)N2CCN(c3ccccc3F)CC2)cc1. The Bertz CT molecular complexity index is 929. The van der Waals surface area contributed by atoms with Crippen LogP contribution in [0.15, 0.2) is 48.5 Å². The standard InChI is InChI=1S/C23H26FN3O4/c1-30-18-8-6-17(7-9-18)14-27-21(15-31-16-22(27)28)23(29)26-12-10-25(11-13-26)20-5-3-2-4-19(20)24/h2-9,21H,10-16H2,1H3/t21-/m0/s1. The van der Waals surface area contributed by atoms with E-state index < -0.39 is 6.04 Å². The average Bonchev–Trinajstić information content (AvgIpc) is 2.81. The van der Waals surface area contributed by atoms with E-state index in [1.54, 1.807) is 35.1 Å². The fraction of sp³-hybridized carbons (Fsp3) is 0.391. The molecule has 8 heteroatoms. The highest BCUT2D eigenvalue weighted by atomic mass is 19.1. The normalized spacial score (nSPS) is 19.5. The first-order chi connectivity index (χ1) is 15.1. The monoisotopic (exact) mass is 427 g/mol. The van der Waals surface area contributed by atoms with Gasteiger partial charge < -0.3 is 24.2 Å². The van der Waals surface area contributed by atoms with Crippen molar-refractivity contribution in [2.24, 2.45) is 0 Å². The number of amides is 2. The summed E-state index contributed by atoms with van der Waals surface area (Å²) in [5.74, 6) is 0.136. The van der Waals surface area contributed by atoms with E-state index in [1.165, 1.54) is 6.07 Å². The lowest BCUT2D eigenvalue weighted by Crippen LogP contribution is -2.59. The van der Waals surface area contributed by atoms with Crippen LogP contribution in [0.5, 0.6) is 5.75 Å². The van der Waals surface area contributed by atoms with Crippen LogP contribution >= 0.6 is 0 Å². The maximum Gasteiger partial charge on any atom is 0.249 e. The minimum absolute atomic E-state index is 0.0268. The molecule has 1 atom stereocenters. The molecule has 2 saturated heterocycles. The van der Waals surface area contributed by atoms with E-state index in [2.05, 4.69) is 0 Å². The van der Waals surface area contributed by atoms with E-state index in [-0.39, 0.29) is 30.8 Å². The largest absolute Gasteiger partial charge is 0.497 e. The average molecular weight is 427 g/mol. The molecule has 2 aliphatic heterocycles. The number of para-hydroxylation sites is 1. The van der Waals surface area contributed by atoms with Gasteiger partial charge in [0.2, 0.25) is 11.8 Å². The number of piperazine rings is 1. The van der Waals surface area contributed by atoms with Crippen molar-refractivity contribution in [3.8, 4) is 5.75 Å². The second-order valence-corrected chi connectivity index (χ2v) is 7.66. The minimum Gasteiger partial charge on any atom is -0.497 e. The van der Waals surface area contributed by atoms with Crippen LogP contribution in [0.4, 0.5) is 10.1 Å². The zero-order valence-electron chi connectivity index (χ0n) is 17.5. The fourth-order valence-electron chi connectivity index (χ4n) is 4.02. The van der Waals surface area contributed by atoms with Gasteiger partial charge in [-0.15, -0.1) is 0 Å². The Kier molecular flexibility index (Phi) is 6.36. The van der Waals surface area contributed by atoms with E-state index in [0.717, 1.165) is 11.3 Å². The summed E-state index contributed by atoms with van der Waals surface area (Å²) in [6.45, 7) is 2.48. The summed E-state index contributed by atoms with van der Waals surface area (Å²) < 4.78 is 24.7. The van der Waals surface area contributed by atoms with Gasteiger partial charge in [-0.1, -0.05) is 24.3 Å². The molecule has 0 N–H and O–H groups in total.